The van der Waals surface area contributed by atoms with E-state index >= 15 is 0 Å². The van der Waals surface area contributed by atoms with Crippen LogP contribution in [0, 0.1) is 12.8 Å². The van der Waals surface area contributed by atoms with Gasteiger partial charge in [0, 0.05) is 12.8 Å². The van der Waals surface area contributed by atoms with Crippen molar-refractivity contribution in [3.05, 3.63) is 65.7 Å². The predicted octanol–water partition coefficient (Wildman–Crippen LogP) is 3.12. The molecule has 0 heterocycles. The molecule has 25 heavy (non-hydrogen) atoms. The van der Waals surface area contributed by atoms with E-state index in [2.05, 4.69) is 0 Å². The molecule has 0 saturated heterocycles. The SMILES string of the molecule is CC(=O)OC[C@@H](COS(=O)(=O)c1ccc(C)cc1)Cc1ccccc1. The van der Waals surface area contributed by atoms with Crippen molar-refractivity contribution in [3.63, 3.8) is 0 Å². The Kier molecular flexibility index (Phi) is 6.73. The van der Waals surface area contributed by atoms with Gasteiger partial charge in [-0.2, -0.15) is 8.42 Å². The molecule has 0 aliphatic rings. The highest BCUT2D eigenvalue weighted by Gasteiger charge is 2.20. The Labute approximate surface area is 148 Å². The Bertz CT molecular complexity index is 782. The van der Waals surface area contributed by atoms with Crippen LogP contribution in [-0.4, -0.2) is 27.6 Å². The van der Waals surface area contributed by atoms with Gasteiger partial charge >= 0.3 is 5.97 Å². The Balaban J connectivity index is 2.04. The molecular weight excluding hydrogens is 340 g/mol. The Morgan fingerprint density at radius 1 is 1.00 bits per heavy atom. The number of benzene rings is 2. The van der Waals surface area contributed by atoms with Gasteiger partial charge in [0.25, 0.3) is 10.1 Å². The van der Waals surface area contributed by atoms with Crippen LogP contribution in [0.4, 0.5) is 0 Å². The van der Waals surface area contributed by atoms with E-state index in [9.17, 15) is 13.2 Å². The van der Waals surface area contributed by atoms with E-state index in [0.717, 1.165) is 11.1 Å². The molecule has 2 aromatic carbocycles. The van der Waals surface area contributed by atoms with Crippen molar-refractivity contribution in [2.24, 2.45) is 5.92 Å². The largest absolute Gasteiger partial charge is 0.465 e. The van der Waals surface area contributed by atoms with Crippen LogP contribution in [0.15, 0.2) is 59.5 Å². The van der Waals surface area contributed by atoms with Crippen LogP contribution < -0.4 is 0 Å². The summed E-state index contributed by atoms with van der Waals surface area (Å²) in [6.07, 6.45) is 0.553. The molecule has 0 aromatic heterocycles. The molecule has 0 fully saturated rings. The van der Waals surface area contributed by atoms with Crippen molar-refractivity contribution >= 4 is 16.1 Å². The van der Waals surface area contributed by atoms with Gasteiger partial charge in [0.1, 0.15) is 0 Å². The molecule has 2 aromatic rings. The molecule has 0 saturated carbocycles. The number of ether oxygens (including phenoxy) is 1. The van der Waals surface area contributed by atoms with Crippen molar-refractivity contribution in [3.8, 4) is 0 Å². The van der Waals surface area contributed by atoms with Gasteiger partial charge in [-0.1, -0.05) is 48.0 Å². The topological polar surface area (TPSA) is 69.7 Å². The zero-order valence-electron chi connectivity index (χ0n) is 14.3. The van der Waals surface area contributed by atoms with E-state index in [0.29, 0.717) is 6.42 Å². The summed E-state index contributed by atoms with van der Waals surface area (Å²) in [5, 5.41) is 0. The lowest BCUT2D eigenvalue weighted by molar-refractivity contribution is -0.142. The first-order valence-corrected chi connectivity index (χ1v) is 9.41. The highest BCUT2D eigenvalue weighted by Crippen LogP contribution is 2.17. The first kappa shape index (κ1) is 19.1. The molecule has 0 aliphatic carbocycles. The second-order valence-electron chi connectivity index (χ2n) is 5.91. The van der Waals surface area contributed by atoms with Crippen molar-refractivity contribution in [2.45, 2.75) is 25.2 Å². The minimum absolute atomic E-state index is 0.0572. The van der Waals surface area contributed by atoms with Crippen LogP contribution >= 0.6 is 0 Å². The maximum absolute atomic E-state index is 12.3. The summed E-state index contributed by atoms with van der Waals surface area (Å²) in [6, 6.07) is 16.1. The summed E-state index contributed by atoms with van der Waals surface area (Å²) < 4.78 is 34.9. The van der Waals surface area contributed by atoms with Crippen molar-refractivity contribution in [1.29, 1.82) is 0 Å². The maximum atomic E-state index is 12.3. The number of hydrogen-bond donors (Lipinski definition) is 0. The van der Waals surface area contributed by atoms with E-state index in [1.807, 2.05) is 37.3 Å². The summed E-state index contributed by atoms with van der Waals surface area (Å²) in [4.78, 5) is 11.2. The molecule has 0 N–H and O–H groups in total. The van der Waals surface area contributed by atoms with Gasteiger partial charge in [-0.25, -0.2) is 0 Å². The van der Waals surface area contributed by atoms with E-state index in [1.54, 1.807) is 12.1 Å². The van der Waals surface area contributed by atoms with Gasteiger partial charge in [-0.05, 0) is 31.0 Å². The van der Waals surface area contributed by atoms with Gasteiger partial charge < -0.3 is 4.74 Å². The highest BCUT2D eigenvalue weighted by atomic mass is 32.2. The molecule has 0 amide bonds. The summed E-state index contributed by atoms with van der Waals surface area (Å²) >= 11 is 0. The van der Waals surface area contributed by atoms with E-state index < -0.39 is 16.1 Å². The molecule has 1 atom stereocenters. The molecule has 0 bridgehead atoms. The molecule has 2 rings (SSSR count). The zero-order valence-corrected chi connectivity index (χ0v) is 15.2. The van der Waals surface area contributed by atoms with Crippen LogP contribution in [-0.2, 0) is 30.3 Å². The van der Waals surface area contributed by atoms with Crippen LogP contribution in [0.25, 0.3) is 0 Å². The van der Waals surface area contributed by atoms with Gasteiger partial charge in [0.05, 0.1) is 18.1 Å². The lowest BCUT2D eigenvalue weighted by Crippen LogP contribution is -2.22. The average molecular weight is 362 g/mol. The number of esters is 1. The first-order chi connectivity index (χ1) is 11.9. The van der Waals surface area contributed by atoms with Crippen LogP contribution in [0.5, 0.6) is 0 Å². The Morgan fingerprint density at radius 3 is 2.24 bits per heavy atom. The van der Waals surface area contributed by atoms with Crippen LogP contribution in [0.2, 0.25) is 0 Å². The minimum atomic E-state index is -3.84. The second kappa shape index (κ2) is 8.78. The summed E-state index contributed by atoms with van der Waals surface area (Å²) in [6.45, 7) is 3.25. The molecule has 0 aliphatic heterocycles. The van der Waals surface area contributed by atoms with Crippen molar-refractivity contribution < 1.29 is 22.1 Å². The zero-order chi connectivity index (χ0) is 18.3. The molecule has 0 radical (unpaired) electrons. The quantitative estimate of drug-likeness (QED) is 0.533. The van der Waals surface area contributed by atoms with Crippen molar-refractivity contribution in [2.75, 3.05) is 13.2 Å². The number of aryl methyl sites for hydroxylation is 1. The minimum Gasteiger partial charge on any atom is -0.465 e. The Morgan fingerprint density at radius 2 is 1.64 bits per heavy atom. The number of carbonyl (C=O) groups is 1. The van der Waals surface area contributed by atoms with Gasteiger partial charge in [-0.15, -0.1) is 0 Å². The average Bonchev–Trinajstić information content (AvgIpc) is 2.58. The summed E-state index contributed by atoms with van der Waals surface area (Å²) in [7, 11) is -3.84. The van der Waals surface area contributed by atoms with Gasteiger partial charge in [-0.3, -0.25) is 8.98 Å². The molecule has 0 spiro atoms. The third-order valence-electron chi connectivity index (χ3n) is 3.66. The summed E-state index contributed by atoms with van der Waals surface area (Å²) in [5.41, 5.74) is 1.99. The fourth-order valence-electron chi connectivity index (χ4n) is 2.31. The third-order valence-corrected chi connectivity index (χ3v) is 4.95. The normalized spacial score (nSPS) is 12.6. The van der Waals surface area contributed by atoms with E-state index in [4.69, 9.17) is 8.92 Å². The number of hydrogen-bond acceptors (Lipinski definition) is 5. The number of rotatable bonds is 8. The fraction of sp³-hybridized carbons (Fsp3) is 0.316. The summed E-state index contributed by atoms with van der Waals surface area (Å²) in [5.74, 6) is -0.661. The Hall–Kier alpha value is -2.18. The van der Waals surface area contributed by atoms with E-state index in [1.165, 1.54) is 19.1 Å². The number of carbonyl (C=O) groups excluding carboxylic acids is 1. The lowest BCUT2D eigenvalue weighted by Gasteiger charge is -2.17. The standard InChI is InChI=1S/C19H22O5S/c1-15-8-10-19(11-9-15)25(21,22)24-14-18(13-23-16(2)20)12-17-6-4-3-5-7-17/h3-11,18H,12-14H2,1-2H3/t18-/m0/s1. The fourth-order valence-corrected chi connectivity index (χ4v) is 3.28. The third kappa shape index (κ3) is 6.32. The molecule has 134 valence electrons. The molecule has 6 heteroatoms. The lowest BCUT2D eigenvalue weighted by atomic mass is 10.0. The second-order valence-corrected chi connectivity index (χ2v) is 7.53. The molecular formula is C19H22O5S. The van der Waals surface area contributed by atoms with Gasteiger partial charge in [0.2, 0.25) is 0 Å². The smallest absolute Gasteiger partial charge is 0.302 e. The van der Waals surface area contributed by atoms with Gasteiger partial charge in [0.15, 0.2) is 0 Å². The monoisotopic (exact) mass is 362 g/mol. The predicted molar refractivity (Wildman–Crippen MR) is 94.6 cm³/mol. The maximum Gasteiger partial charge on any atom is 0.302 e. The highest BCUT2D eigenvalue weighted by molar-refractivity contribution is 7.86. The first-order valence-electron chi connectivity index (χ1n) is 8.00. The molecule has 0 unspecified atom stereocenters. The van der Waals surface area contributed by atoms with Crippen LogP contribution in [0.1, 0.15) is 18.1 Å². The van der Waals surface area contributed by atoms with Crippen molar-refractivity contribution in [1.82, 2.24) is 0 Å². The van der Waals surface area contributed by atoms with Crippen LogP contribution in [0.3, 0.4) is 0 Å². The molecule has 5 nitrogen and oxygen atoms in total. The van der Waals surface area contributed by atoms with E-state index in [-0.39, 0.29) is 24.0 Å².